The molecule has 1 unspecified atom stereocenters. The fourth-order valence-electron chi connectivity index (χ4n) is 2.63. The van der Waals surface area contributed by atoms with Crippen LogP contribution in [-0.4, -0.2) is 25.3 Å². The Kier molecular flexibility index (Phi) is 7.90. The molecule has 0 saturated carbocycles. The van der Waals surface area contributed by atoms with Gasteiger partial charge in [-0.2, -0.15) is 0 Å². The Hall–Kier alpha value is 0.180. The summed E-state index contributed by atoms with van der Waals surface area (Å²) in [6.45, 7) is 4.74. The van der Waals surface area contributed by atoms with Gasteiger partial charge in [0.05, 0.1) is 11.8 Å². The average molecular weight is 387 g/mol. The van der Waals surface area contributed by atoms with Crippen molar-refractivity contribution in [3.63, 3.8) is 0 Å². The predicted molar refractivity (Wildman–Crippen MR) is 72.7 cm³/mol. The van der Waals surface area contributed by atoms with Gasteiger partial charge in [0.15, 0.2) is 0 Å². The molecule has 0 spiro atoms. The van der Waals surface area contributed by atoms with Crippen LogP contribution in [0.2, 0.25) is 13.1 Å². The molecule has 98 valence electrons. The van der Waals surface area contributed by atoms with E-state index in [1.807, 2.05) is 0 Å². The minimum absolute atomic E-state index is 0. The molecule has 0 aromatic heterocycles. The Balaban J connectivity index is 0.00000108. The predicted octanol–water partition coefficient (Wildman–Crippen LogP) is -3.44. The van der Waals surface area contributed by atoms with Crippen LogP contribution in [0.15, 0.2) is 53.1 Å². The molecule has 1 atom stereocenters. The van der Waals surface area contributed by atoms with Crippen molar-refractivity contribution in [1.29, 1.82) is 0 Å². The summed E-state index contributed by atoms with van der Waals surface area (Å²) in [4.78, 5) is 4.88. The normalized spacial score (nSPS) is 22.2. The monoisotopic (exact) mass is 385 g/mol. The summed E-state index contributed by atoms with van der Waals surface area (Å²) >= 11 is 0. The van der Waals surface area contributed by atoms with E-state index < -0.39 is 8.41 Å². The summed E-state index contributed by atoms with van der Waals surface area (Å²) in [5, 5.41) is 1.60. The standard InChI is InChI=1S/C14H15NSi.2ClH.Zr/c1-16(2)14-11-8-5-9-12(11)15-13(14)10-6-3-4-7-10;;;/h3-10,13H,1-2H3;2*1H;/q;;;+2/p-2. The molecule has 3 aliphatic rings. The van der Waals surface area contributed by atoms with E-state index in [1.54, 1.807) is 5.17 Å². The Bertz CT molecular complexity index is 514. The first-order valence-electron chi connectivity index (χ1n) is 5.76. The number of allylic oxidation sites excluding steroid dienone is 5. The molecule has 0 bridgehead atoms. The van der Waals surface area contributed by atoms with Crippen molar-refractivity contribution in [2.75, 3.05) is 0 Å². The number of rotatable bonds is 1. The van der Waals surface area contributed by atoms with Crippen molar-refractivity contribution in [3.05, 3.63) is 48.1 Å². The fraction of sp³-hybridized carbons (Fsp3) is 0.286. The van der Waals surface area contributed by atoms with Crippen molar-refractivity contribution in [2.45, 2.75) is 19.1 Å². The van der Waals surface area contributed by atoms with Gasteiger partial charge in [0.2, 0.25) is 0 Å². The van der Waals surface area contributed by atoms with E-state index in [0.717, 1.165) is 0 Å². The largest absolute Gasteiger partial charge is 2.00 e. The second kappa shape index (κ2) is 7.83. The zero-order valence-corrected chi connectivity index (χ0v) is 15.9. The van der Waals surface area contributed by atoms with Crippen LogP contribution in [0.3, 0.4) is 0 Å². The van der Waals surface area contributed by atoms with Gasteiger partial charge in [-0.15, -0.1) is 0 Å². The number of aliphatic imine (C=N–C) groups is 1. The SMILES string of the molecule is C[Si](C)=C1C2=CC=CC2=NC1C1C=CC=C1.[Cl-].[Cl-].[Zr+2]. The maximum absolute atomic E-state index is 4.88. The van der Waals surface area contributed by atoms with Crippen molar-refractivity contribution in [2.24, 2.45) is 10.9 Å². The average Bonchev–Trinajstić information content (AvgIpc) is 2.92. The van der Waals surface area contributed by atoms with Gasteiger partial charge in [-0.25, -0.2) is 0 Å². The third-order valence-corrected chi connectivity index (χ3v) is 4.98. The molecular weight excluding hydrogens is 372 g/mol. The molecule has 5 heteroatoms. The minimum atomic E-state index is -0.424. The molecule has 1 heterocycles. The minimum Gasteiger partial charge on any atom is -1.00 e. The van der Waals surface area contributed by atoms with E-state index in [0.29, 0.717) is 12.0 Å². The molecule has 0 aromatic rings. The van der Waals surface area contributed by atoms with Gasteiger partial charge >= 0.3 is 26.2 Å². The molecule has 19 heavy (non-hydrogen) atoms. The molecule has 0 saturated heterocycles. The van der Waals surface area contributed by atoms with Crippen LogP contribution in [0.1, 0.15) is 0 Å². The van der Waals surface area contributed by atoms with E-state index in [2.05, 4.69) is 55.6 Å². The Morgan fingerprint density at radius 1 is 1.05 bits per heavy atom. The smallest absolute Gasteiger partial charge is 1.00 e. The van der Waals surface area contributed by atoms with Crippen LogP contribution in [-0.2, 0) is 26.2 Å². The summed E-state index contributed by atoms with van der Waals surface area (Å²) < 4.78 is 0. The number of nitrogens with zero attached hydrogens (tertiary/aromatic N) is 1. The van der Waals surface area contributed by atoms with Crippen LogP contribution < -0.4 is 24.8 Å². The summed E-state index contributed by atoms with van der Waals surface area (Å²) in [5.41, 5.74) is 2.62. The third-order valence-electron chi connectivity index (χ3n) is 3.34. The van der Waals surface area contributed by atoms with Gasteiger partial charge in [-0.05, 0) is 11.2 Å². The summed E-state index contributed by atoms with van der Waals surface area (Å²) in [5.74, 6) is 0.488. The van der Waals surface area contributed by atoms with Crippen LogP contribution >= 0.6 is 0 Å². The molecule has 3 rings (SSSR count). The van der Waals surface area contributed by atoms with Crippen LogP contribution in [0.5, 0.6) is 0 Å². The molecule has 0 N–H and O–H groups in total. The Morgan fingerprint density at radius 2 is 1.68 bits per heavy atom. The third kappa shape index (κ3) is 3.44. The van der Waals surface area contributed by atoms with E-state index in [4.69, 9.17) is 4.99 Å². The van der Waals surface area contributed by atoms with Gasteiger partial charge in [0.25, 0.3) is 0 Å². The van der Waals surface area contributed by atoms with E-state index in [-0.39, 0.29) is 51.0 Å². The van der Waals surface area contributed by atoms with Crippen molar-refractivity contribution in [3.8, 4) is 0 Å². The van der Waals surface area contributed by atoms with Gasteiger partial charge in [0.1, 0.15) is 0 Å². The van der Waals surface area contributed by atoms with Gasteiger partial charge in [-0.3, -0.25) is 4.99 Å². The van der Waals surface area contributed by atoms with Crippen molar-refractivity contribution < 1.29 is 51.0 Å². The summed E-state index contributed by atoms with van der Waals surface area (Å²) in [6, 6.07) is 0.380. The maximum Gasteiger partial charge on any atom is 2.00 e. The van der Waals surface area contributed by atoms with E-state index >= 15 is 0 Å². The number of fused-ring (bicyclic) bond motifs is 1. The second-order valence-corrected chi connectivity index (χ2v) is 7.20. The zero-order chi connectivity index (χ0) is 11.1. The van der Waals surface area contributed by atoms with E-state index in [1.165, 1.54) is 11.3 Å². The fourth-order valence-corrected chi connectivity index (χ4v) is 4.23. The zero-order valence-electron chi connectivity index (χ0n) is 10.9. The first kappa shape index (κ1) is 19.2. The molecule has 2 aliphatic carbocycles. The van der Waals surface area contributed by atoms with Crippen molar-refractivity contribution >= 4 is 19.3 Å². The van der Waals surface area contributed by atoms with E-state index in [9.17, 15) is 0 Å². The van der Waals surface area contributed by atoms with Gasteiger partial charge in [-0.1, -0.05) is 49.6 Å². The Morgan fingerprint density at radius 3 is 2.26 bits per heavy atom. The first-order chi connectivity index (χ1) is 7.77. The second-order valence-electron chi connectivity index (χ2n) is 4.66. The molecule has 0 aromatic carbocycles. The van der Waals surface area contributed by atoms with Crippen LogP contribution in [0.4, 0.5) is 0 Å². The number of hydrogen-bond acceptors (Lipinski definition) is 1. The quantitative estimate of drug-likeness (QED) is 0.416. The Labute approximate surface area is 147 Å². The molecular formula is C14H15Cl2NSiZr. The van der Waals surface area contributed by atoms with Gasteiger partial charge < -0.3 is 24.8 Å². The summed E-state index contributed by atoms with van der Waals surface area (Å²) in [6.07, 6.45) is 15.3. The molecule has 0 radical (unpaired) electrons. The summed E-state index contributed by atoms with van der Waals surface area (Å²) in [7, 11) is -0.424. The molecule has 1 nitrogen and oxygen atoms in total. The number of halogens is 2. The van der Waals surface area contributed by atoms with Crippen LogP contribution in [0.25, 0.3) is 0 Å². The molecule has 1 aliphatic heterocycles. The van der Waals surface area contributed by atoms with Gasteiger partial charge in [0, 0.05) is 19.9 Å². The maximum atomic E-state index is 4.88. The first-order valence-corrected chi connectivity index (χ1v) is 8.26. The molecule has 0 fully saturated rings. The number of hydrogen-bond donors (Lipinski definition) is 0. The van der Waals surface area contributed by atoms with Crippen LogP contribution in [0, 0.1) is 5.92 Å². The topological polar surface area (TPSA) is 12.4 Å². The van der Waals surface area contributed by atoms with Crippen molar-refractivity contribution in [1.82, 2.24) is 0 Å². The molecule has 0 amide bonds.